The van der Waals surface area contributed by atoms with E-state index in [1.165, 1.54) is 10.9 Å². The van der Waals surface area contributed by atoms with E-state index < -0.39 is 5.60 Å². The van der Waals surface area contributed by atoms with Crippen molar-refractivity contribution in [3.63, 3.8) is 0 Å². The van der Waals surface area contributed by atoms with E-state index in [2.05, 4.69) is 10.4 Å². The highest BCUT2D eigenvalue weighted by atomic mass is 35.5. The second kappa shape index (κ2) is 6.88. The molecule has 2 aliphatic heterocycles. The Morgan fingerprint density at radius 1 is 1.37 bits per heavy atom. The Kier molecular flexibility index (Phi) is 4.55. The maximum Gasteiger partial charge on any atom is 0.255 e. The smallest absolute Gasteiger partial charge is 0.255 e. The van der Waals surface area contributed by atoms with Crippen LogP contribution < -0.4 is 10.1 Å². The first-order chi connectivity index (χ1) is 12.9. The van der Waals surface area contributed by atoms with Crippen molar-refractivity contribution in [2.24, 2.45) is 0 Å². The number of nitrogens with one attached hydrogen (secondary N) is 1. The van der Waals surface area contributed by atoms with Gasteiger partial charge in [-0.05, 0) is 19.1 Å². The summed E-state index contributed by atoms with van der Waals surface area (Å²) in [6, 6.07) is 5.65. The lowest BCUT2D eigenvalue weighted by atomic mass is 9.91. The molecule has 0 aliphatic carbocycles. The second-order valence-electron chi connectivity index (χ2n) is 7.20. The molecule has 1 aromatic carbocycles. The van der Waals surface area contributed by atoms with Crippen LogP contribution in [0.3, 0.4) is 0 Å². The fourth-order valence-electron chi connectivity index (χ4n) is 3.62. The van der Waals surface area contributed by atoms with Crippen LogP contribution in [0, 0.1) is 6.92 Å². The molecule has 27 heavy (non-hydrogen) atoms. The maximum atomic E-state index is 12.5. The predicted molar refractivity (Wildman–Crippen MR) is 99.9 cm³/mol. The van der Waals surface area contributed by atoms with Crippen LogP contribution in [-0.2, 0) is 11.3 Å². The maximum absolute atomic E-state index is 12.5. The molecule has 2 aromatic rings. The molecule has 4 rings (SSSR count). The third-order valence-corrected chi connectivity index (χ3v) is 5.40. The number of ether oxygens (including phenoxy) is 1. The van der Waals surface area contributed by atoms with Gasteiger partial charge in [0.2, 0.25) is 5.91 Å². The van der Waals surface area contributed by atoms with E-state index in [-0.39, 0.29) is 18.4 Å². The van der Waals surface area contributed by atoms with E-state index in [4.69, 9.17) is 16.3 Å². The van der Waals surface area contributed by atoms with E-state index in [1.54, 1.807) is 6.20 Å². The molecule has 142 valence electrons. The summed E-state index contributed by atoms with van der Waals surface area (Å²) < 4.78 is 7.84. The van der Waals surface area contributed by atoms with Gasteiger partial charge < -0.3 is 15.0 Å². The summed E-state index contributed by atoms with van der Waals surface area (Å²) in [5, 5.41) is 7.54. The Bertz CT molecular complexity index is 887. The number of benzene rings is 1. The van der Waals surface area contributed by atoms with Crippen molar-refractivity contribution < 1.29 is 14.3 Å². The van der Waals surface area contributed by atoms with Gasteiger partial charge in [-0.15, -0.1) is 0 Å². The van der Waals surface area contributed by atoms with Crippen LogP contribution in [-0.4, -0.2) is 51.7 Å². The largest absolute Gasteiger partial charge is 0.484 e. The number of nitrogens with zero attached hydrogens (tertiary/aromatic N) is 3. The molecule has 7 nitrogen and oxygen atoms in total. The molecule has 0 radical (unpaired) electrons. The van der Waals surface area contributed by atoms with Gasteiger partial charge in [-0.25, -0.2) is 0 Å². The van der Waals surface area contributed by atoms with Crippen LogP contribution in [0.4, 0.5) is 0 Å². The number of piperidine rings is 1. The van der Waals surface area contributed by atoms with E-state index in [0.717, 1.165) is 5.56 Å². The standard InChI is InChI=1S/C19H21ClN4O3/c1-13-2-3-16-15(8-13)18(26)21-12-19(27-16)4-6-23(7-5-19)17(25)11-24-10-14(20)9-22-24/h2-3,8-10H,4-7,11-12H2,1H3,(H,21,26). The van der Waals surface area contributed by atoms with Crippen molar-refractivity contribution in [3.05, 3.63) is 46.7 Å². The minimum Gasteiger partial charge on any atom is -0.484 e. The van der Waals surface area contributed by atoms with Crippen LogP contribution in [0.15, 0.2) is 30.6 Å². The number of fused-ring (bicyclic) bond motifs is 1. The molecule has 0 saturated carbocycles. The highest BCUT2D eigenvalue weighted by Crippen LogP contribution is 2.33. The third-order valence-electron chi connectivity index (χ3n) is 5.20. The number of likely N-dealkylation sites (tertiary alicyclic amines) is 1. The average molecular weight is 389 g/mol. The van der Waals surface area contributed by atoms with Crippen LogP contribution in [0.25, 0.3) is 0 Å². The lowest BCUT2D eigenvalue weighted by molar-refractivity contribution is -0.135. The molecular weight excluding hydrogens is 368 g/mol. The van der Waals surface area contributed by atoms with Gasteiger partial charge in [0.05, 0.1) is 23.3 Å². The molecule has 0 bridgehead atoms. The second-order valence-corrected chi connectivity index (χ2v) is 7.64. The Balaban J connectivity index is 1.44. The van der Waals surface area contributed by atoms with Crippen molar-refractivity contribution in [2.75, 3.05) is 19.6 Å². The highest BCUT2D eigenvalue weighted by Gasteiger charge is 2.40. The molecule has 1 aromatic heterocycles. The number of halogens is 1. The van der Waals surface area contributed by atoms with E-state index >= 15 is 0 Å². The number of rotatable bonds is 2. The number of amides is 2. The van der Waals surface area contributed by atoms with Crippen molar-refractivity contribution >= 4 is 23.4 Å². The first-order valence-corrected chi connectivity index (χ1v) is 9.36. The fourth-order valence-corrected chi connectivity index (χ4v) is 3.78. The van der Waals surface area contributed by atoms with Crippen molar-refractivity contribution in [3.8, 4) is 5.75 Å². The summed E-state index contributed by atoms with van der Waals surface area (Å²) in [4.78, 5) is 26.7. The quantitative estimate of drug-likeness (QED) is 0.854. The van der Waals surface area contributed by atoms with E-state index in [9.17, 15) is 9.59 Å². The van der Waals surface area contributed by atoms with Gasteiger partial charge in [-0.1, -0.05) is 23.2 Å². The molecular formula is C19H21ClN4O3. The van der Waals surface area contributed by atoms with Crippen LogP contribution in [0.1, 0.15) is 28.8 Å². The lowest BCUT2D eigenvalue weighted by Gasteiger charge is -2.41. The first kappa shape index (κ1) is 17.9. The monoisotopic (exact) mass is 388 g/mol. The Hall–Kier alpha value is -2.54. The predicted octanol–water partition coefficient (Wildman–Crippen LogP) is 2.03. The van der Waals surface area contributed by atoms with Gasteiger partial charge in [-0.3, -0.25) is 14.3 Å². The van der Waals surface area contributed by atoms with Gasteiger partial charge >= 0.3 is 0 Å². The molecule has 3 heterocycles. The molecule has 0 unspecified atom stereocenters. The zero-order valence-electron chi connectivity index (χ0n) is 15.1. The summed E-state index contributed by atoms with van der Waals surface area (Å²) in [5.41, 5.74) is 1.10. The van der Waals surface area contributed by atoms with Crippen molar-refractivity contribution in [1.29, 1.82) is 0 Å². The Labute approximate surface area is 162 Å². The van der Waals surface area contributed by atoms with Crippen molar-refractivity contribution in [2.45, 2.75) is 31.9 Å². The number of hydrogen-bond acceptors (Lipinski definition) is 4. The van der Waals surface area contributed by atoms with Crippen LogP contribution in [0.5, 0.6) is 5.75 Å². The Morgan fingerprint density at radius 2 is 2.15 bits per heavy atom. The van der Waals surface area contributed by atoms with Crippen molar-refractivity contribution in [1.82, 2.24) is 20.0 Å². The van der Waals surface area contributed by atoms with Gasteiger partial charge in [0, 0.05) is 32.1 Å². The van der Waals surface area contributed by atoms with Gasteiger partial charge in [0.15, 0.2) is 0 Å². The minimum atomic E-state index is -0.484. The highest BCUT2D eigenvalue weighted by molar-refractivity contribution is 6.30. The molecule has 2 amide bonds. The number of aromatic nitrogens is 2. The molecule has 1 fully saturated rings. The third kappa shape index (κ3) is 3.64. The number of hydrogen-bond donors (Lipinski definition) is 1. The first-order valence-electron chi connectivity index (χ1n) is 8.98. The molecule has 0 atom stereocenters. The van der Waals surface area contributed by atoms with Gasteiger partial charge in [0.25, 0.3) is 5.91 Å². The zero-order chi connectivity index (χ0) is 19.0. The number of carbonyl (C=O) groups is 2. The summed E-state index contributed by atoms with van der Waals surface area (Å²) in [6.07, 6.45) is 4.47. The number of aryl methyl sites for hydroxylation is 1. The normalized spacial score (nSPS) is 18.4. The fraction of sp³-hybridized carbons (Fsp3) is 0.421. The number of carbonyl (C=O) groups excluding carboxylic acids is 2. The molecule has 2 aliphatic rings. The SMILES string of the molecule is Cc1ccc2c(c1)C(=O)NCC1(CCN(C(=O)Cn3cc(Cl)cn3)CC1)O2. The summed E-state index contributed by atoms with van der Waals surface area (Å²) in [6.45, 7) is 3.71. The van der Waals surface area contributed by atoms with E-state index in [1.807, 2.05) is 30.0 Å². The molecule has 8 heteroatoms. The minimum absolute atomic E-state index is 0.00157. The van der Waals surface area contributed by atoms with Crippen LogP contribution >= 0.6 is 11.6 Å². The molecule has 1 N–H and O–H groups in total. The van der Waals surface area contributed by atoms with Gasteiger partial charge in [-0.2, -0.15) is 5.10 Å². The summed E-state index contributed by atoms with van der Waals surface area (Å²) >= 11 is 5.85. The Morgan fingerprint density at radius 3 is 2.85 bits per heavy atom. The average Bonchev–Trinajstić information content (AvgIpc) is 3.01. The van der Waals surface area contributed by atoms with Gasteiger partial charge in [0.1, 0.15) is 17.9 Å². The van der Waals surface area contributed by atoms with E-state index in [0.29, 0.717) is 48.8 Å². The topological polar surface area (TPSA) is 76.5 Å². The zero-order valence-corrected chi connectivity index (χ0v) is 15.8. The summed E-state index contributed by atoms with van der Waals surface area (Å²) in [7, 11) is 0. The summed E-state index contributed by atoms with van der Waals surface area (Å²) in [5.74, 6) is 0.500. The lowest BCUT2D eigenvalue weighted by Crippen LogP contribution is -2.54. The molecule has 1 saturated heterocycles. The molecule has 1 spiro atoms. The van der Waals surface area contributed by atoms with Crippen LogP contribution in [0.2, 0.25) is 5.02 Å².